The minimum atomic E-state index is -0.279. The average molecular weight is 268 g/mol. The van der Waals surface area contributed by atoms with E-state index in [1.807, 2.05) is 24.8 Å². The van der Waals surface area contributed by atoms with Crippen LogP contribution in [0.2, 0.25) is 0 Å². The maximum Gasteiger partial charge on any atom is 0.130 e. The summed E-state index contributed by atoms with van der Waals surface area (Å²) in [7, 11) is 0. The molecular weight excluding hydrogens is 247 g/mol. The van der Waals surface area contributed by atoms with E-state index >= 15 is 0 Å². The van der Waals surface area contributed by atoms with Crippen LogP contribution in [0.1, 0.15) is 32.4 Å². The summed E-state index contributed by atoms with van der Waals surface area (Å²) in [6.45, 7) is 8.19. The molecular formula is C14H21FN2S. The van der Waals surface area contributed by atoms with Gasteiger partial charge >= 0.3 is 0 Å². The second-order valence-corrected chi connectivity index (χ2v) is 7.29. The van der Waals surface area contributed by atoms with Crippen molar-refractivity contribution >= 4 is 17.4 Å². The van der Waals surface area contributed by atoms with Crippen LogP contribution < -0.4 is 10.6 Å². The van der Waals surface area contributed by atoms with Gasteiger partial charge in [0.15, 0.2) is 0 Å². The summed E-state index contributed by atoms with van der Waals surface area (Å²) >= 11 is 1.97. The fourth-order valence-corrected chi connectivity index (χ4v) is 3.59. The Hall–Kier alpha value is -0.740. The first-order valence-corrected chi connectivity index (χ1v) is 7.32. The van der Waals surface area contributed by atoms with Crippen molar-refractivity contribution in [2.45, 2.75) is 31.6 Å². The SMILES string of the molecule is C[C@H](N)c1c(F)cccc1N1CCSC(C)(C)C1. The summed E-state index contributed by atoms with van der Waals surface area (Å²) in [6.07, 6.45) is 0. The lowest BCUT2D eigenvalue weighted by atomic mass is 10.0. The van der Waals surface area contributed by atoms with Crippen LogP contribution in [0.5, 0.6) is 0 Å². The first kappa shape index (κ1) is 13.7. The van der Waals surface area contributed by atoms with Crippen LogP contribution in [0, 0.1) is 5.82 Å². The smallest absolute Gasteiger partial charge is 0.130 e. The van der Waals surface area contributed by atoms with Gasteiger partial charge in [0.2, 0.25) is 0 Å². The lowest BCUT2D eigenvalue weighted by Crippen LogP contribution is -2.43. The van der Waals surface area contributed by atoms with E-state index in [9.17, 15) is 4.39 Å². The third kappa shape index (κ3) is 2.81. The minimum absolute atomic E-state index is 0.196. The highest BCUT2D eigenvalue weighted by Crippen LogP contribution is 2.35. The van der Waals surface area contributed by atoms with Crippen molar-refractivity contribution in [2.75, 3.05) is 23.7 Å². The van der Waals surface area contributed by atoms with E-state index in [0.29, 0.717) is 5.56 Å². The summed E-state index contributed by atoms with van der Waals surface area (Å²) in [5, 5.41) is 0. The summed E-state index contributed by atoms with van der Waals surface area (Å²) in [6, 6.07) is 4.96. The highest BCUT2D eigenvalue weighted by Gasteiger charge is 2.29. The Kier molecular flexibility index (Phi) is 3.87. The predicted molar refractivity (Wildman–Crippen MR) is 77.8 cm³/mol. The molecule has 0 aliphatic carbocycles. The third-order valence-electron chi connectivity index (χ3n) is 3.25. The summed E-state index contributed by atoms with van der Waals surface area (Å²) in [5.74, 6) is 0.876. The van der Waals surface area contributed by atoms with E-state index in [0.717, 1.165) is 24.5 Å². The first-order valence-electron chi connectivity index (χ1n) is 6.33. The fourth-order valence-electron chi connectivity index (χ4n) is 2.47. The zero-order valence-electron chi connectivity index (χ0n) is 11.2. The van der Waals surface area contributed by atoms with Gasteiger partial charge in [-0.15, -0.1) is 0 Å². The van der Waals surface area contributed by atoms with Gasteiger partial charge in [-0.3, -0.25) is 0 Å². The Balaban J connectivity index is 2.36. The topological polar surface area (TPSA) is 29.3 Å². The molecule has 0 aromatic heterocycles. The fraction of sp³-hybridized carbons (Fsp3) is 0.571. The largest absolute Gasteiger partial charge is 0.369 e. The van der Waals surface area contributed by atoms with Gasteiger partial charge in [-0.2, -0.15) is 11.8 Å². The van der Waals surface area contributed by atoms with Gasteiger partial charge in [0.05, 0.1) is 0 Å². The number of anilines is 1. The molecule has 0 spiro atoms. The summed E-state index contributed by atoms with van der Waals surface area (Å²) in [5.41, 5.74) is 7.51. The number of rotatable bonds is 2. The van der Waals surface area contributed by atoms with Crippen LogP contribution in [0.25, 0.3) is 0 Å². The van der Waals surface area contributed by atoms with E-state index in [1.165, 1.54) is 6.07 Å². The van der Waals surface area contributed by atoms with E-state index < -0.39 is 0 Å². The van der Waals surface area contributed by atoms with Gasteiger partial charge in [-0.1, -0.05) is 6.07 Å². The molecule has 2 N–H and O–H groups in total. The molecule has 1 heterocycles. The molecule has 1 aliphatic heterocycles. The van der Waals surface area contributed by atoms with E-state index in [2.05, 4.69) is 18.7 Å². The van der Waals surface area contributed by atoms with Crippen LogP contribution >= 0.6 is 11.8 Å². The second-order valence-electron chi connectivity index (χ2n) is 5.49. The van der Waals surface area contributed by atoms with Gasteiger partial charge in [-0.05, 0) is 32.9 Å². The number of benzene rings is 1. The normalized spacial score (nSPS) is 20.8. The minimum Gasteiger partial charge on any atom is -0.369 e. The molecule has 4 heteroatoms. The number of hydrogen-bond acceptors (Lipinski definition) is 3. The average Bonchev–Trinajstić information content (AvgIpc) is 2.26. The molecule has 0 radical (unpaired) electrons. The van der Waals surface area contributed by atoms with Gasteiger partial charge in [0.25, 0.3) is 0 Å². The molecule has 1 atom stereocenters. The van der Waals surface area contributed by atoms with Crippen LogP contribution in [0.4, 0.5) is 10.1 Å². The number of hydrogen-bond donors (Lipinski definition) is 1. The highest BCUT2D eigenvalue weighted by atomic mass is 32.2. The molecule has 1 fully saturated rings. The maximum absolute atomic E-state index is 13.9. The van der Waals surface area contributed by atoms with Gasteiger partial charge in [0.1, 0.15) is 5.82 Å². The Labute approximate surface area is 113 Å². The monoisotopic (exact) mass is 268 g/mol. The molecule has 0 bridgehead atoms. The Bertz CT molecular complexity index is 432. The quantitative estimate of drug-likeness (QED) is 0.893. The lowest BCUT2D eigenvalue weighted by Gasteiger charge is -2.40. The van der Waals surface area contributed by atoms with Gasteiger partial charge in [0, 0.05) is 40.9 Å². The number of halogens is 1. The molecule has 2 rings (SSSR count). The van der Waals surface area contributed by atoms with Crippen molar-refractivity contribution in [2.24, 2.45) is 5.73 Å². The Morgan fingerprint density at radius 2 is 2.17 bits per heavy atom. The predicted octanol–water partition coefficient (Wildman–Crippen LogP) is 3.18. The molecule has 1 aromatic carbocycles. The standard InChI is InChI=1S/C14H21FN2S/c1-10(16)13-11(15)5-4-6-12(13)17-7-8-18-14(2,3)9-17/h4-6,10H,7-9,16H2,1-3H3/t10-/m0/s1. The number of thioether (sulfide) groups is 1. The molecule has 1 saturated heterocycles. The van der Waals surface area contributed by atoms with Crippen molar-refractivity contribution < 1.29 is 4.39 Å². The molecule has 100 valence electrons. The number of nitrogens with zero attached hydrogens (tertiary/aromatic N) is 1. The highest BCUT2D eigenvalue weighted by molar-refractivity contribution is 8.00. The molecule has 18 heavy (non-hydrogen) atoms. The molecule has 0 saturated carbocycles. The second kappa shape index (κ2) is 5.10. The van der Waals surface area contributed by atoms with Crippen molar-refractivity contribution in [1.82, 2.24) is 0 Å². The van der Waals surface area contributed by atoms with Gasteiger partial charge < -0.3 is 10.6 Å². The van der Waals surface area contributed by atoms with Crippen LogP contribution in [-0.2, 0) is 0 Å². The molecule has 1 aromatic rings. The van der Waals surface area contributed by atoms with Crippen molar-refractivity contribution in [3.05, 3.63) is 29.6 Å². The lowest BCUT2D eigenvalue weighted by molar-refractivity contribution is 0.586. The Morgan fingerprint density at radius 1 is 1.44 bits per heavy atom. The van der Waals surface area contributed by atoms with E-state index in [-0.39, 0.29) is 16.6 Å². The zero-order chi connectivity index (χ0) is 13.3. The van der Waals surface area contributed by atoms with Crippen LogP contribution in [0.15, 0.2) is 18.2 Å². The number of nitrogens with two attached hydrogens (primary N) is 1. The molecule has 0 amide bonds. The van der Waals surface area contributed by atoms with Crippen LogP contribution in [0.3, 0.4) is 0 Å². The van der Waals surface area contributed by atoms with Gasteiger partial charge in [-0.25, -0.2) is 4.39 Å². The first-order chi connectivity index (χ1) is 8.41. The Morgan fingerprint density at radius 3 is 2.78 bits per heavy atom. The summed E-state index contributed by atoms with van der Waals surface area (Å²) < 4.78 is 14.1. The molecule has 1 aliphatic rings. The summed E-state index contributed by atoms with van der Waals surface area (Å²) in [4.78, 5) is 2.26. The van der Waals surface area contributed by atoms with E-state index in [4.69, 9.17) is 5.73 Å². The van der Waals surface area contributed by atoms with E-state index in [1.54, 1.807) is 6.07 Å². The molecule has 2 nitrogen and oxygen atoms in total. The maximum atomic E-state index is 13.9. The zero-order valence-corrected chi connectivity index (χ0v) is 12.1. The van der Waals surface area contributed by atoms with Crippen molar-refractivity contribution in [3.8, 4) is 0 Å². The van der Waals surface area contributed by atoms with Crippen LogP contribution in [-0.4, -0.2) is 23.6 Å². The van der Waals surface area contributed by atoms with Crippen molar-refractivity contribution in [3.63, 3.8) is 0 Å². The third-order valence-corrected chi connectivity index (χ3v) is 4.55. The van der Waals surface area contributed by atoms with Crippen molar-refractivity contribution in [1.29, 1.82) is 0 Å². The molecule has 0 unspecified atom stereocenters.